The Bertz CT molecular complexity index is 2750. The molecule has 0 aromatic heterocycles. The molecule has 0 atom stereocenters. The molecule has 4 aliphatic carbocycles. The van der Waals surface area contributed by atoms with E-state index in [0.717, 1.165) is 0 Å². The zero-order valence-electron chi connectivity index (χ0n) is 31.1. The van der Waals surface area contributed by atoms with Crippen LogP contribution >= 0.6 is 0 Å². The third-order valence-corrected chi connectivity index (χ3v) is 14.7. The Morgan fingerprint density at radius 1 is 0.382 bits per heavy atom. The first-order chi connectivity index (χ1) is 27.3. The van der Waals surface area contributed by atoms with Crippen molar-refractivity contribution in [2.24, 2.45) is 0 Å². The Morgan fingerprint density at radius 3 is 1.73 bits per heavy atom. The van der Waals surface area contributed by atoms with Crippen LogP contribution in [-0.2, 0) is 10.8 Å². The molecule has 2 aliphatic heterocycles. The summed E-state index contributed by atoms with van der Waals surface area (Å²) in [4.78, 5) is 5.22. The van der Waals surface area contributed by atoms with Gasteiger partial charge in [0.05, 0.1) is 5.69 Å². The van der Waals surface area contributed by atoms with Gasteiger partial charge in [0.2, 0.25) is 0 Å². The molecule has 262 valence electrons. The average molecular weight is 705 g/mol. The van der Waals surface area contributed by atoms with Crippen molar-refractivity contribution in [2.75, 3.05) is 9.80 Å². The number of para-hydroxylation sites is 2. The molecule has 7 aromatic carbocycles. The zero-order valence-corrected chi connectivity index (χ0v) is 31.1. The number of benzene rings is 7. The van der Waals surface area contributed by atoms with Crippen LogP contribution in [0.3, 0.4) is 0 Å². The monoisotopic (exact) mass is 704 g/mol. The van der Waals surface area contributed by atoms with E-state index in [4.69, 9.17) is 0 Å². The lowest BCUT2D eigenvalue weighted by atomic mass is 9.33. The van der Waals surface area contributed by atoms with Crippen molar-refractivity contribution in [3.05, 3.63) is 174 Å². The quantitative estimate of drug-likeness (QED) is 0.165. The van der Waals surface area contributed by atoms with Crippen LogP contribution in [0.5, 0.6) is 0 Å². The van der Waals surface area contributed by atoms with Crippen LogP contribution in [0, 0.1) is 0 Å². The second-order valence-electron chi connectivity index (χ2n) is 17.0. The van der Waals surface area contributed by atoms with E-state index in [-0.39, 0.29) is 17.5 Å². The maximum absolute atomic E-state index is 2.71. The first kappa shape index (κ1) is 30.5. The summed E-state index contributed by atoms with van der Waals surface area (Å²) in [6.07, 6.45) is 10.1. The van der Waals surface area contributed by atoms with Crippen molar-refractivity contribution in [2.45, 2.75) is 62.2 Å². The fraction of sp³-hybridized carbons (Fsp3) is 0.192. The second kappa shape index (κ2) is 10.9. The minimum Gasteiger partial charge on any atom is -0.311 e. The van der Waals surface area contributed by atoms with Crippen LogP contribution in [0.2, 0.25) is 0 Å². The predicted molar refractivity (Wildman–Crippen MR) is 230 cm³/mol. The second-order valence-corrected chi connectivity index (χ2v) is 17.0. The Labute approximate surface area is 324 Å². The Hall–Kier alpha value is -5.80. The maximum atomic E-state index is 2.71. The van der Waals surface area contributed by atoms with E-state index in [1.54, 1.807) is 11.1 Å². The molecular formula is C52H41BN2. The van der Waals surface area contributed by atoms with Crippen LogP contribution in [0.4, 0.5) is 34.1 Å². The molecule has 2 fully saturated rings. The highest BCUT2D eigenvalue weighted by Crippen LogP contribution is 2.62. The van der Waals surface area contributed by atoms with Gasteiger partial charge < -0.3 is 9.80 Å². The van der Waals surface area contributed by atoms with E-state index in [9.17, 15) is 0 Å². The van der Waals surface area contributed by atoms with Crippen LogP contribution in [-0.4, -0.2) is 6.71 Å². The molecule has 6 aliphatic rings. The van der Waals surface area contributed by atoms with E-state index in [0.29, 0.717) is 0 Å². The summed E-state index contributed by atoms with van der Waals surface area (Å²) in [7, 11) is 0. The van der Waals surface area contributed by atoms with Crippen LogP contribution in [0.25, 0.3) is 22.3 Å². The smallest absolute Gasteiger partial charge is 0.252 e. The molecule has 0 amide bonds. The summed E-state index contributed by atoms with van der Waals surface area (Å²) >= 11 is 0. The zero-order chi connectivity index (χ0) is 35.9. The molecule has 2 saturated carbocycles. The van der Waals surface area contributed by atoms with Gasteiger partial charge in [0.1, 0.15) is 0 Å². The number of nitrogens with zero attached hydrogens (tertiary/aromatic N) is 2. The van der Waals surface area contributed by atoms with E-state index in [1.807, 2.05) is 0 Å². The van der Waals surface area contributed by atoms with E-state index in [2.05, 4.69) is 161 Å². The van der Waals surface area contributed by atoms with E-state index < -0.39 is 0 Å². The summed E-state index contributed by atoms with van der Waals surface area (Å²) in [6.45, 7) is 0.117. The van der Waals surface area contributed by atoms with Crippen molar-refractivity contribution in [3.63, 3.8) is 0 Å². The number of hydrogen-bond acceptors (Lipinski definition) is 2. The number of rotatable bonds is 2. The SMILES string of the molecule is c1ccc(N2c3ccccc3B3c4cc5c(cc4N(c4cccc6c4-c4ccccc4C64CCCC4)c4cccc2c43)-c2ccccc2C52CCCC2)cc1. The largest absolute Gasteiger partial charge is 0.311 e. The summed E-state index contributed by atoms with van der Waals surface area (Å²) in [5.41, 5.74) is 24.1. The van der Waals surface area contributed by atoms with Crippen molar-refractivity contribution in [1.29, 1.82) is 0 Å². The molecule has 0 bridgehead atoms. The van der Waals surface area contributed by atoms with Crippen molar-refractivity contribution in [1.82, 2.24) is 0 Å². The topological polar surface area (TPSA) is 6.48 Å². The Balaban J connectivity index is 1.15. The van der Waals surface area contributed by atoms with Gasteiger partial charge in [-0.05, 0) is 123 Å². The molecule has 2 spiro atoms. The van der Waals surface area contributed by atoms with Gasteiger partial charge in [-0.25, -0.2) is 0 Å². The first-order valence-corrected chi connectivity index (χ1v) is 20.7. The lowest BCUT2D eigenvalue weighted by Crippen LogP contribution is -2.61. The molecule has 2 heterocycles. The van der Waals surface area contributed by atoms with Gasteiger partial charge in [0.25, 0.3) is 6.71 Å². The maximum Gasteiger partial charge on any atom is 0.252 e. The Morgan fingerprint density at radius 2 is 0.945 bits per heavy atom. The third-order valence-electron chi connectivity index (χ3n) is 14.7. The fourth-order valence-electron chi connectivity index (χ4n) is 12.7. The highest BCUT2D eigenvalue weighted by Gasteiger charge is 2.51. The molecule has 13 rings (SSSR count). The standard InChI is InChI=1S/C52H41BN2/c1-2-16-34(17-3-1)54-44-24-9-8-23-42(44)53-43-33-41-37(35-18-4-6-20-38(35)52(41)30-12-13-31-52)32-48(43)55(47-27-15-26-46(54)50(47)53)45-25-14-22-40-49(45)36-19-5-7-21-39(36)51(40)28-10-11-29-51/h1-9,14-27,32-33H,10-13,28-31H2. The van der Waals surface area contributed by atoms with Gasteiger partial charge in [-0.1, -0.05) is 135 Å². The van der Waals surface area contributed by atoms with Gasteiger partial charge in [0.15, 0.2) is 0 Å². The predicted octanol–water partition coefficient (Wildman–Crippen LogP) is 11.5. The summed E-state index contributed by atoms with van der Waals surface area (Å²) in [6, 6.07) is 58.7. The molecule has 0 N–H and O–H groups in total. The Kier molecular flexibility index (Phi) is 6.06. The van der Waals surface area contributed by atoms with Gasteiger partial charge >= 0.3 is 0 Å². The molecular weight excluding hydrogens is 663 g/mol. The minimum absolute atomic E-state index is 0.0949. The van der Waals surface area contributed by atoms with Gasteiger partial charge in [-0.15, -0.1) is 0 Å². The molecule has 7 aromatic rings. The lowest BCUT2D eigenvalue weighted by molar-refractivity contribution is 0.550. The molecule has 0 saturated heterocycles. The van der Waals surface area contributed by atoms with Crippen molar-refractivity contribution >= 4 is 57.2 Å². The van der Waals surface area contributed by atoms with Gasteiger partial charge in [-0.3, -0.25) is 0 Å². The van der Waals surface area contributed by atoms with Crippen LogP contribution in [0.15, 0.2) is 152 Å². The lowest BCUT2D eigenvalue weighted by Gasteiger charge is -2.45. The highest BCUT2D eigenvalue weighted by atomic mass is 15.2. The minimum atomic E-state index is 0.0949. The first-order valence-electron chi connectivity index (χ1n) is 20.7. The number of fused-ring (bicyclic) bond motifs is 14. The van der Waals surface area contributed by atoms with Crippen LogP contribution in [0.1, 0.15) is 73.6 Å². The highest BCUT2D eigenvalue weighted by molar-refractivity contribution is 7.00. The molecule has 0 radical (unpaired) electrons. The summed E-state index contributed by atoms with van der Waals surface area (Å²) < 4.78 is 0. The van der Waals surface area contributed by atoms with Crippen molar-refractivity contribution < 1.29 is 0 Å². The number of anilines is 6. The summed E-state index contributed by atoms with van der Waals surface area (Å²) in [5, 5.41) is 0. The normalized spacial score (nSPS) is 18.1. The van der Waals surface area contributed by atoms with Gasteiger partial charge in [-0.2, -0.15) is 0 Å². The third kappa shape index (κ3) is 3.77. The number of hydrogen-bond donors (Lipinski definition) is 0. The average Bonchev–Trinajstić information content (AvgIpc) is 4.05. The summed E-state index contributed by atoms with van der Waals surface area (Å²) in [5.74, 6) is 0. The molecule has 3 heteroatoms. The molecule has 55 heavy (non-hydrogen) atoms. The van der Waals surface area contributed by atoms with Crippen molar-refractivity contribution in [3.8, 4) is 22.3 Å². The van der Waals surface area contributed by atoms with Gasteiger partial charge in [0, 0.05) is 44.8 Å². The molecule has 0 unspecified atom stereocenters. The van der Waals surface area contributed by atoms with Crippen LogP contribution < -0.4 is 26.2 Å². The fourth-order valence-corrected chi connectivity index (χ4v) is 12.7. The van der Waals surface area contributed by atoms with E-state index >= 15 is 0 Å². The molecule has 2 nitrogen and oxygen atoms in total. The van der Waals surface area contributed by atoms with E-state index in [1.165, 1.54) is 135 Å².